The summed E-state index contributed by atoms with van der Waals surface area (Å²) in [6.07, 6.45) is 5.35. The number of hydrogen-bond donors (Lipinski definition) is 2. The number of aliphatic hydroxyl groups is 1. The van der Waals surface area contributed by atoms with Gasteiger partial charge in [0, 0.05) is 25.7 Å². The molecule has 1 saturated heterocycles. The first-order valence-electron chi connectivity index (χ1n) is 7.81. The first kappa shape index (κ1) is 15.2. The quantitative estimate of drug-likeness (QED) is 0.762. The summed E-state index contributed by atoms with van der Waals surface area (Å²) >= 11 is 0. The summed E-state index contributed by atoms with van der Waals surface area (Å²) in [5.41, 5.74) is 0.412. The molecule has 1 aliphatic carbocycles. The SMILES string of the molecule is CC(C)NCC1(CN2CCOCC2CO)CCCC1. The average Bonchev–Trinajstić information content (AvgIpc) is 2.86. The molecule has 112 valence electrons. The summed E-state index contributed by atoms with van der Waals surface area (Å²) in [5.74, 6) is 0. The molecule has 0 amide bonds. The van der Waals surface area contributed by atoms with Gasteiger partial charge in [0.2, 0.25) is 0 Å². The summed E-state index contributed by atoms with van der Waals surface area (Å²) in [4.78, 5) is 2.46. The zero-order chi connectivity index (χ0) is 13.7. The van der Waals surface area contributed by atoms with Crippen LogP contribution in [0.4, 0.5) is 0 Å². The van der Waals surface area contributed by atoms with E-state index in [1.54, 1.807) is 0 Å². The van der Waals surface area contributed by atoms with Crippen LogP contribution < -0.4 is 5.32 Å². The molecular formula is C15H30N2O2. The Morgan fingerprint density at radius 2 is 2.11 bits per heavy atom. The molecule has 1 aliphatic heterocycles. The highest BCUT2D eigenvalue weighted by atomic mass is 16.5. The van der Waals surface area contributed by atoms with E-state index >= 15 is 0 Å². The molecule has 1 unspecified atom stereocenters. The molecule has 1 heterocycles. The van der Waals surface area contributed by atoms with Crippen LogP contribution in [0.2, 0.25) is 0 Å². The molecule has 0 bridgehead atoms. The lowest BCUT2D eigenvalue weighted by molar-refractivity contribution is -0.0442. The highest BCUT2D eigenvalue weighted by Crippen LogP contribution is 2.39. The van der Waals surface area contributed by atoms with Crippen LogP contribution in [0, 0.1) is 5.41 Å². The molecule has 4 nitrogen and oxygen atoms in total. The van der Waals surface area contributed by atoms with Crippen molar-refractivity contribution in [3.63, 3.8) is 0 Å². The Kier molecular flexibility index (Phi) is 5.63. The van der Waals surface area contributed by atoms with Crippen molar-refractivity contribution in [2.45, 2.75) is 51.6 Å². The Morgan fingerprint density at radius 1 is 1.37 bits per heavy atom. The van der Waals surface area contributed by atoms with E-state index in [0.717, 1.165) is 26.2 Å². The summed E-state index contributed by atoms with van der Waals surface area (Å²) in [6, 6.07) is 0.751. The Hall–Kier alpha value is -0.160. The number of hydrogen-bond acceptors (Lipinski definition) is 4. The Bertz CT molecular complexity index is 265. The third kappa shape index (κ3) is 4.15. The van der Waals surface area contributed by atoms with E-state index in [4.69, 9.17) is 4.74 Å². The lowest BCUT2D eigenvalue weighted by Crippen LogP contribution is -2.53. The molecular weight excluding hydrogens is 240 g/mol. The number of aliphatic hydroxyl groups excluding tert-OH is 1. The molecule has 2 N–H and O–H groups in total. The molecule has 0 radical (unpaired) electrons. The molecule has 0 aromatic rings. The second-order valence-corrected chi connectivity index (χ2v) is 6.62. The number of rotatable bonds is 6. The first-order chi connectivity index (χ1) is 9.15. The summed E-state index contributed by atoms with van der Waals surface area (Å²) in [5, 5.41) is 13.1. The normalized spacial score (nSPS) is 28.1. The lowest BCUT2D eigenvalue weighted by Gasteiger charge is -2.41. The Labute approximate surface area is 117 Å². The minimum Gasteiger partial charge on any atom is -0.395 e. The maximum absolute atomic E-state index is 9.50. The number of nitrogens with zero attached hydrogens (tertiary/aromatic N) is 1. The van der Waals surface area contributed by atoms with E-state index in [-0.39, 0.29) is 12.6 Å². The molecule has 2 rings (SSSR count). The fraction of sp³-hybridized carbons (Fsp3) is 1.00. The van der Waals surface area contributed by atoms with E-state index in [9.17, 15) is 5.11 Å². The van der Waals surface area contributed by atoms with Crippen LogP contribution in [0.5, 0.6) is 0 Å². The predicted octanol–water partition coefficient (Wildman–Crippen LogP) is 1.24. The van der Waals surface area contributed by atoms with Crippen molar-refractivity contribution in [1.29, 1.82) is 0 Å². The summed E-state index contributed by atoms with van der Waals surface area (Å²) in [6.45, 7) is 9.33. The third-order valence-corrected chi connectivity index (χ3v) is 4.65. The largest absolute Gasteiger partial charge is 0.395 e. The molecule has 0 aromatic carbocycles. The molecule has 0 spiro atoms. The summed E-state index contributed by atoms with van der Waals surface area (Å²) in [7, 11) is 0. The fourth-order valence-corrected chi connectivity index (χ4v) is 3.43. The third-order valence-electron chi connectivity index (χ3n) is 4.65. The van der Waals surface area contributed by atoms with Gasteiger partial charge in [0.15, 0.2) is 0 Å². The van der Waals surface area contributed by atoms with Crippen LogP contribution in [-0.4, -0.2) is 61.5 Å². The number of nitrogens with one attached hydrogen (secondary N) is 1. The van der Waals surface area contributed by atoms with Gasteiger partial charge in [0.25, 0.3) is 0 Å². The average molecular weight is 270 g/mol. The molecule has 1 atom stereocenters. The minimum atomic E-state index is 0.199. The number of ether oxygens (including phenoxy) is 1. The highest BCUT2D eigenvalue weighted by molar-refractivity contribution is 4.92. The van der Waals surface area contributed by atoms with E-state index < -0.39 is 0 Å². The van der Waals surface area contributed by atoms with E-state index in [0.29, 0.717) is 18.1 Å². The van der Waals surface area contributed by atoms with Gasteiger partial charge in [-0.05, 0) is 18.3 Å². The van der Waals surface area contributed by atoms with Crippen molar-refractivity contribution in [2.75, 3.05) is 39.5 Å². The molecule has 2 aliphatic rings. The first-order valence-corrected chi connectivity index (χ1v) is 7.81. The van der Waals surface area contributed by atoms with Crippen molar-refractivity contribution in [2.24, 2.45) is 5.41 Å². The second kappa shape index (κ2) is 7.02. The van der Waals surface area contributed by atoms with Crippen molar-refractivity contribution >= 4 is 0 Å². The van der Waals surface area contributed by atoms with Gasteiger partial charge in [-0.25, -0.2) is 0 Å². The second-order valence-electron chi connectivity index (χ2n) is 6.62. The van der Waals surface area contributed by atoms with Crippen LogP contribution in [0.25, 0.3) is 0 Å². The van der Waals surface area contributed by atoms with Gasteiger partial charge < -0.3 is 15.2 Å². The lowest BCUT2D eigenvalue weighted by atomic mass is 9.84. The van der Waals surface area contributed by atoms with Gasteiger partial charge in [-0.1, -0.05) is 26.7 Å². The van der Waals surface area contributed by atoms with Crippen molar-refractivity contribution in [1.82, 2.24) is 10.2 Å². The molecule has 0 aromatic heterocycles. The van der Waals surface area contributed by atoms with Crippen LogP contribution in [-0.2, 0) is 4.74 Å². The molecule has 4 heteroatoms. The van der Waals surface area contributed by atoms with Crippen LogP contribution in [0.15, 0.2) is 0 Å². The smallest absolute Gasteiger partial charge is 0.0644 e. The standard InChI is InChI=1S/C15H30N2O2/c1-13(2)16-11-15(5-3-4-6-15)12-17-7-8-19-10-14(17)9-18/h13-14,16,18H,3-12H2,1-2H3. The molecule has 1 saturated carbocycles. The van der Waals surface area contributed by atoms with Gasteiger partial charge in [-0.2, -0.15) is 0 Å². The van der Waals surface area contributed by atoms with E-state index in [1.807, 2.05) is 0 Å². The Morgan fingerprint density at radius 3 is 2.74 bits per heavy atom. The Balaban J connectivity index is 1.94. The van der Waals surface area contributed by atoms with Crippen molar-refractivity contribution < 1.29 is 9.84 Å². The molecule has 19 heavy (non-hydrogen) atoms. The van der Waals surface area contributed by atoms with Gasteiger partial charge in [-0.3, -0.25) is 4.90 Å². The monoisotopic (exact) mass is 270 g/mol. The van der Waals surface area contributed by atoms with Crippen molar-refractivity contribution in [3.8, 4) is 0 Å². The van der Waals surface area contributed by atoms with Crippen molar-refractivity contribution in [3.05, 3.63) is 0 Å². The maximum atomic E-state index is 9.50. The number of morpholine rings is 1. The highest BCUT2D eigenvalue weighted by Gasteiger charge is 2.37. The maximum Gasteiger partial charge on any atom is 0.0644 e. The summed E-state index contributed by atoms with van der Waals surface area (Å²) < 4.78 is 5.48. The van der Waals surface area contributed by atoms with E-state index in [1.165, 1.54) is 25.7 Å². The predicted molar refractivity (Wildman–Crippen MR) is 77.3 cm³/mol. The van der Waals surface area contributed by atoms with Gasteiger partial charge in [-0.15, -0.1) is 0 Å². The minimum absolute atomic E-state index is 0.199. The molecule has 2 fully saturated rings. The van der Waals surface area contributed by atoms with Gasteiger partial charge >= 0.3 is 0 Å². The zero-order valence-corrected chi connectivity index (χ0v) is 12.5. The zero-order valence-electron chi connectivity index (χ0n) is 12.5. The van der Waals surface area contributed by atoms with Crippen LogP contribution >= 0.6 is 0 Å². The van der Waals surface area contributed by atoms with Crippen LogP contribution in [0.3, 0.4) is 0 Å². The van der Waals surface area contributed by atoms with E-state index in [2.05, 4.69) is 24.1 Å². The van der Waals surface area contributed by atoms with Crippen LogP contribution in [0.1, 0.15) is 39.5 Å². The fourth-order valence-electron chi connectivity index (χ4n) is 3.43. The van der Waals surface area contributed by atoms with Gasteiger partial charge in [0.05, 0.1) is 25.9 Å². The van der Waals surface area contributed by atoms with Gasteiger partial charge in [0.1, 0.15) is 0 Å². The topological polar surface area (TPSA) is 44.7 Å².